The SMILES string of the molecule is c1c[nH]c(CNc2nnc(C3CC3)s2)n1. The van der Waals surface area contributed by atoms with Gasteiger partial charge >= 0.3 is 0 Å². The Bertz CT molecular complexity index is 431. The quantitative estimate of drug-likeness (QED) is 0.825. The van der Waals surface area contributed by atoms with E-state index >= 15 is 0 Å². The summed E-state index contributed by atoms with van der Waals surface area (Å²) in [6.45, 7) is 0.673. The number of aromatic amines is 1. The summed E-state index contributed by atoms with van der Waals surface area (Å²) in [5.41, 5.74) is 0. The molecular formula is C9H11N5S. The highest BCUT2D eigenvalue weighted by Gasteiger charge is 2.27. The molecule has 2 aromatic heterocycles. The summed E-state index contributed by atoms with van der Waals surface area (Å²) in [7, 11) is 0. The molecule has 2 N–H and O–H groups in total. The van der Waals surface area contributed by atoms with Gasteiger partial charge in [-0.1, -0.05) is 11.3 Å². The molecule has 1 fully saturated rings. The van der Waals surface area contributed by atoms with Crippen molar-refractivity contribution >= 4 is 16.5 Å². The zero-order valence-corrected chi connectivity index (χ0v) is 8.92. The van der Waals surface area contributed by atoms with E-state index in [9.17, 15) is 0 Å². The Balaban J connectivity index is 1.61. The average Bonchev–Trinajstić information content (AvgIpc) is 2.82. The van der Waals surface area contributed by atoms with Gasteiger partial charge in [0.1, 0.15) is 10.8 Å². The van der Waals surface area contributed by atoms with Gasteiger partial charge in [0.25, 0.3) is 0 Å². The van der Waals surface area contributed by atoms with Crippen molar-refractivity contribution in [2.45, 2.75) is 25.3 Å². The number of rotatable bonds is 4. The number of hydrogen-bond donors (Lipinski definition) is 2. The lowest BCUT2D eigenvalue weighted by molar-refractivity contribution is 0.951. The van der Waals surface area contributed by atoms with E-state index in [2.05, 4.69) is 25.5 Å². The van der Waals surface area contributed by atoms with Crippen molar-refractivity contribution in [3.8, 4) is 0 Å². The Kier molecular flexibility index (Phi) is 2.13. The van der Waals surface area contributed by atoms with Gasteiger partial charge in [-0.3, -0.25) is 0 Å². The number of anilines is 1. The minimum Gasteiger partial charge on any atom is -0.353 e. The van der Waals surface area contributed by atoms with E-state index in [1.807, 2.05) is 6.20 Å². The van der Waals surface area contributed by atoms with E-state index in [0.29, 0.717) is 12.5 Å². The van der Waals surface area contributed by atoms with Crippen LogP contribution in [0.25, 0.3) is 0 Å². The molecule has 0 aliphatic heterocycles. The Morgan fingerprint density at radius 2 is 2.40 bits per heavy atom. The molecule has 0 spiro atoms. The van der Waals surface area contributed by atoms with Crippen LogP contribution in [-0.4, -0.2) is 20.2 Å². The highest BCUT2D eigenvalue weighted by atomic mass is 32.1. The van der Waals surface area contributed by atoms with Crippen molar-refractivity contribution < 1.29 is 0 Å². The standard InChI is InChI=1S/C9H11N5S/c1-2-6(1)8-13-14-9(15-8)12-5-7-10-3-4-11-7/h3-4,6H,1-2,5H2,(H,10,11)(H,12,14). The zero-order valence-electron chi connectivity index (χ0n) is 8.10. The molecule has 1 aliphatic rings. The maximum absolute atomic E-state index is 4.15. The van der Waals surface area contributed by atoms with Crippen LogP contribution in [0.1, 0.15) is 29.6 Å². The molecule has 1 aliphatic carbocycles. The van der Waals surface area contributed by atoms with Gasteiger partial charge in [0.2, 0.25) is 5.13 Å². The summed E-state index contributed by atoms with van der Waals surface area (Å²) in [5, 5.41) is 13.5. The molecule has 0 bridgehead atoms. The van der Waals surface area contributed by atoms with Gasteiger partial charge in [-0.15, -0.1) is 10.2 Å². The Hall–Kier alpha value is -1.43. The summed E-state index contributed by atoms with van der Waals surface area (Å²) in [6.07, 6.45) is 6.10. The van der Waals surface area contributed by atoms with Crippen LogP contribution in [0.15, 0.2) is 12.4 Å². The largest absolute Gasteiger partial charge is 0.353 e. The second-order valence-corrected chi connectivity index (χ2v) is 4.62. The highest BCUT2D eigenvalue weighted by Crippen LogP contribution is 2.41. The van der Waals surface area contributed by atoms with E-state index in [1.165, 1.54) is 12.8 Å². The van der Waals surface area contributed by atoms with E-state index in [-0.39, 0.29) is 0 Å². The first kappa shape index (κ1) is 8.84. The van der Waals surface area contributed by atoms with Crippen LogP contribution in [0.3, 0.4) is 0 Å². The normalized spacial score (nSPS) is 15.5. The van der Waals surface area contributed by atoms with Crippen molar-refractivity contribution in [1.82, 2.24) is 20.2 Å². The van der Waals surface area contributed by atoms with Crippen LogP contribution in [0, 0.1) is 0 Å². The maximum atomic E-state index is 4.15. The van der Waals surface area contributed by atoms with Crippen molar-refractivity contribution in [2.24, 2.45) is 0 Å². The van der Waals surface area contributed by atoms with Gasteiger partial charge in [0.15, 0.2) is 0 Å². The molecule has 0 radical (unpaired) electrons. The molecule has 15 heavy (non-hydrogen) atoms. The third-order valence-electron chi connectivity index (χ3n) is 2.33. The second-order valence-electron chi connectivity index (χ2n) is 3.61. The molecule has 5 nitrogen and oxygen atoms in total. The predicted octanol–water partition coefficient (Wildman–Crippen LogP) is 1.75. The third-order valence-corrected chi connectivity index (χ3v) is 3.37. The summed E-state index contributed by atoms with van der Waals surface area (Å²) in [6, 6.07) is 0. The molecule has 2 heterocycles. The van der Waals surface area contributed by atoms with Crippen LogP contribution in [0.5, 0.6) is 0 Å². The van der Waals surface area contributed by atoms with Crippen molar-refractivity contribution in [1.29, 1.82) is 0 Å². The fourth-order valence-electron chi connectivity index (χ4n) is 1.36. The van der Waals surface area contributed by atoms with Crippen molar-refractivity contribution in [2.75, 3.05) is 5.32 Å². The summed E-state index contributed by atoms with van der Waals surface area (Å²) in [5.74, 6) is 1.60. The molecular weight excluding hydrogens is 210 g/mol. The minimum absolute atomic E-state index is 0.673. The van der Waals surface area contributed by atoms with E-state index in [0.717, 1.165) is 16.0 Å². The van der Waals surface area contributed by atoms with Crippen LogP contribution >= 0.6 is 11.3 Å². The van der Waals surface area contributed by atoms with Crippen LogP contribution in [-0.2, 0) is 6.54 Å². The number of imidazole rings is 1. The van der Waals surface area contributed by atoms with Gasteiger partial charge in [-0.2, -0.15) is 0 Å². The molecule has 0 amide bonds. The molecule has 6 heteroatoms. The molecule has 0 atom stereocenters. The van der Waals surface area contributed by atoms with Gasteiger partial charge in [-0.05, 0) is 12.8 Å². The first-order valence-electron chi connectivity index (χ1n) is 4.97. The number of aromatic nitrogens is 4. The highest BCUT2D eigenvalue weighted by molar-refractivity contribution is 7.15. The van der Waals surface area contributed by atoms with E-state index in [4.69, 9.17) is 0 Å². The van der Waals surface area contributed by atoms with E-state index in [1.54, 1.807) is 17.5 Å². The number of H-pyrrole nitrogens is 1. The monoisotopic (exact) mass is 221 g/mol. The zero-order chi connectivity index (χ0) is 10.1. The smallest absolute Gasteiger partial charge is 0.206 e. The maximum Gasteiger partial charge on any atom is 0.206 e. The van der Waals surface area contributed by atoms with Crippen LogP contribution in [0.4, 0.5) is 5.13 Å². The fraction of sp³-hybridized carbons (Fsp3) is 0.444. The Morgan fingerprint density at radius 3 is 3.13 bits per heavy atom. The molecule has 2 aromatic rings. The van der Waals surface area contributed by atoms with Crippen molar-refractivity contribution in [3.05, 3.63) is 23.2 Å². The summed E-state index contributed by atoms with van der Waals surface area (Å²) >= 11 is 1.65. The fourth-order valence-corrected chi connectivity index (χ4v) is 2.26. The number of hydrogen-bond acceptors (Lipinski definition) is 5. The predicted molar refractivity (Wildman–Crippen MR) is 57.8 cm³/mol. The Morgan fingerprint density at radius 1 is 1.47 bits per heavy atom. The average molecular weight is 221 g/mol. The van der Waals surface area contributed by atoms with E-state index < -0.39 is 0 Å². The summed E-state index contributed by atoms with van der Waals surface area (Å²) < 4.78 is 0. The number of nitrogens with zero attached hydrogens (tertiary/aromatic N) is 3. The van der Waals surface area contributed by atoms with Crippen LogP contribution in [0.2, 0.25) is 0 Å². The lowest BCUT2D eigenvalue weighted by Gasteiger charge is -1.96. The third kappa shape index (κ3) is 1.99. The first-order valence-corrected chi connectivity index (χ1v) is 5.79. The van der Waals surface area contributed by atoms with Crippen molar-refractivity contribution in [3.63, 3.8) is 0 Å². The van der Waals surface area contributed by atoms with Gasteiger partial charge < -0.3 is 10.3 Å². The number of nitrogens with one attached hydrogen (secondary N) is 2. The topological polar surface area (TPSA) is 66.5 Å². The molecule has 3 rings (SSSR count). The lowest BCUT2D eigenvalue weighted by Crippen LogP contribution is -2.00. The van der Waals surface area contributed by atoms with Gasteiger partial charge in [0, 0.05) is 18.3 Å². The second kappa shape index (κ2) is 3.62. The van der Waals surface area contributed by atoms with Gasteiger partial charge in [-0.25, -0.2) is 4.98 Å². The summed E-state index contributed by atoms with van der Waals surface area (Å²) in [4.78, 5) is 7.16. The van der Waals surface area contributed by atoms with Crippen LogP contribution < -0.4 is 5.32 Å². The first-order chi connectivity index (χ1) is 7.42. The lowest BCUT2D eigenvalue weighted by atomic mass is 10.5. The molecule has 78 valence electrons. The molecule has 0 aromatic carbocycles. The Labute approximate surface area is 91.0 Å². The molecule has 1 saturated carbocycles. The minimum atomic E-state index is 0.673. The molecule has 0 unspecified atom stereocenters. The van der Waals surface area contributed by atoms with Gasteiger partial charge in [0.05, 0.1) is 6.54 Å². The molecule has 0 saturated heterocycles.